The number of alkyl halides is 1. The van der Waals surface area contributed by atoms with Crippen molar-refractivity contribution in [1.29, 1.82) is 0 Å². The Labute approximate surface area is 89.6 Å². The zero-order chi connectivity index (χ0) is 11.1. The molecule has 0 fully saturated rings. The number of rotatable bonds is 5. The van der Waals surface area contributed by atoms with Gasteiger partial charge in [0, 0.05) is 38.9 Å². The molecular weight excluding hydrogens is 204 g/mol. The molecule has 0 aromatic carbocycles. The normalized spacial score (nSPS) is 12.0. The molecule has 0 aromatic heterocycles. The third-order valence-corrected chi connectivity index (χ3v) is 2.28. The number of carbonyl (C=O) groups excluding carboxylic acids is 2. The molecule has 2 amide bonds. The second-order valence-electron chi connectivity index (χ2n) is 3.38. The number of halogens is 1. The van der Waals surface area contributed by atoms with Crippen LogP contribution in [0.25, 0.3) is 0 Å². The van der Waals surface area contributed by atoms with E-state index in [9.17, 15) is 9.59 Å². The van der Waals surface area contributed by atoms with Gasteiger partial charge in [0.2, 0.25) is 11.8 Å². The quantitative estimate of drug-likeness (QED) is 0.685. The molecule has 1 atom stereocenters. The van der Waals surface area contributed by atoms with Crippen LogP contribution in [-0.4, -0.2) is 43.2 Å². The van der Waals surface area contributed by atoms with Crippen LogP contribution in [0.15, 0.2) is 0 Å². The third kappa shape index (κ3) is 5.07. The summed E-state index contributed by atoms with van der Waals surface area (Å²) in [6, 6.07) is 0. The number of nitrogens with one attached hydrogen (secondary N) is 1. The fourth-order valence-corrected chi connectivity index (χ4v) is 0.901. The minimum atomic E-state index is -0.203. The molecule has 0 saturated carbocycles. The summed E-state index contributed by atoms with van der Waals surface area (Å²) in [6.07, 6.45) is 0.327. The van der Waals surface area contributed by atoms with Gasteiger partial charge in [0.15, 0.2) is 0 Å². The van der Waals surface area contributed by atoms with E-state index in [4.69, 9.17) is 11.6 Å². The lowest BCUT2D eigenvalue weighted by Gasteiger charge is -2.11. The summed E-state index contributed by atoms with van der Waals surface area (Å²) in [7, 11) is 3.37. The lowest BCUT2D eigenvalue weighted by molar-refractivity contribution is -0.128. The first-order valence-electron chi connectivity index (χ1n) is 4.52. The molecule has 4 nitrogen and oxygen atoms in total. The van der Waals surface area contributed by atoms with Gasteiger partial charge in [-0.15, -0.1) is 11.6 Å². The average molecular weight is 221 g/mol. The first-order chi connectivity index (χ1) is 6.49. The van der Waals surface area contributed by atoms with Gasteiger partial charge in [-0.2, -0.15) is 0 Å². The molecule has 0 heterocycles. The summed E-state index contributed by atoms with van der Waals surface area (Å²) in [5.41, 5.74) is 0. The van der Waals surface area contributed by atoms with Crippen LogP contribution in [-0.2, 0) is 9.59 Å². The molecule has 0 aliphatic rings. The average Bonchev–Trinajstić information content (AvgIpc) is 2.15. The molecule has 0 bridgehead atoms. The molecule has 1 N–H and O–H groups in total. The van der Waals surface area contributed by atoms with Crippen LogP contribution >= 0.6 is 11.6 Å². The summed E-state index contributed by atoms with van der Waals surface area (Å²) < 4.78 is 0. The highest BCUT2D eigenvalue weighted by Crippen LogP contribution is 1.97. The topological polar surface area (TPSA) is 49.4 Å². The predicted octanol–water partition coefficient (Wildman–Crippen LogP) is 0.456. The van der Waals surface area contributed by atoms with Crippen molar-refractivity contribution in [3.63, 3.8) is 0 Å². The van der Waals surface area contributed by atoms with Gasteiger partial charge < -0.3 is 10.2 Å². The fraction of sp³-hybridized carbons (Fsp3) is 0.778. The minimum Gasteiger partial charge on any atom is -0.355 e. The van der Waals surface area contributed by atoms with Gasteiger partial charge in [0.1, 0.15) is 0 Å². The Hall–Kier alpha value is -0.770. The molecule has 0 radical (unpaired) electrons. The van der Waals surface area contributed by atoms with Crippen molar-refractivity contribution < 1.29 is 9.59 Å². The van der Waals surface area contributed by atoms with Gasteiger partial charge in [-0.25, -0.2) is 0 Å². The Balaban J connectivity index is 3.64. The monoisotopic (exact) mass is 220 g/mol. The van der Waals surface area contributed by atoms with Crippen molar-refractivity contribution in [3.05, 3.63) is 0 Å². The third-order valence-electron chi connectivity index (χ3n) is 1.82. The van der Waals surface area contributed by atoms with Crippen LogP contribution in [0.4, 0.5) is 0 Å². The Morgan fingerprint density at radius 3 is 2.43 bits per heavy atom. The highest BCUT2D eigenvalue weighted by molar-refractivity contribution is 6.19. The first-order valence-corrected chi connectivity index (χ1v) is 5.06. The van der Waals surface area contributed by atoms with Crippen molar-refractivity contribution >= 4 is 23.4 Å². The van der Waals surface area contributed by atoms with Crippen LogP contribution in [0, 0.1) is 5.92 Å². The summed E-state index contributed by atoms with van der Waals surface area (Å²) in [5, 5.41) is 2.65. The molecule has 0 rings (SSSR count). The van der Waals surface area contributed by atoms with E-state index in [1.165, 1.54) is 4.90 Å². The Bertz CT molecular complexity index is 207. The Morgan fingerprint density at radius 2 is 2.00 bits per heavy atom. The number of nitrogens with zero attached hydrogens (tertiary/aromatic N) is 1. The summed E-state index contributed by atoms with van der Waals surface area (Å²) in [5.74, 6) is -0.00509. The maximum Gasteiger partial charge on any atom is 0.224 e. The van der Waals surface area contributed by atoms with Crippen molar-refractivity contribution in [2.45, 2.75) is 13.3 Å². The van der Waals surface area contributed by atoms with Gasteiger partial charge >= 0.3 is 0 Å². The van der Waals surface area contributed by atoms with Crippen molar-refractivity contribution in [3.8, 4) is 0 Å². The number of hydrogen-bond acceptors (Lipinski definition) is 2. The molecule has 1 unspecified atom stereocenters. The van der Waals surface area contributed by atoms with E-state index in [0.29, 0.717) is 18.8 Å². The van der Waals surface area contributed by atoms with E-state index in [0.717, 1.165) is 0 Å². The van der Waals surface area contributed by atoms with E-state index in [-0.39, 0.29) is 17.7 Å². The van der Waals surface area contributed by atoms with Gasteiger partial charge in [-0.05, 0) is 0 Å². The molecule has 0 spiro atoms. The zero-order valence-corrected chi connectivity index (χ0v) is 9.60. The Morgan fingerprint density at radius 1 is 1.43 bits per heavy atom. The van der Waals surface area contributed by atoms with E-state index in [1.807, 2.05) is 0 Å². The van der Waals surface area contributed by atoms with Crippen LogP contribution in [0.3, 0.4) is 0 Å². The van der Waals surface area contributed by atoms with Crippen molar-refractivity contribution in [2.75, 3.05) is 26.5 Å². The van der Waals surface area contributed by atoms with Crippen LogP contribution in [0.2, 0.25) is 0 Å². The van der Waals surface area contributed by atoms with Crippen molar-refractivity contribution in [2.24, 2.45) is 5.92 Å². The van der Waals surface area contributed by atoms with Gasteiger partial charge in [-0.3, -0.25) is 9.59 Å². The predicted molar refractivity (Wildman–Crippen MR) is 56.2 cm³/mol. The largest absolute Gasteiger partial charge is 0.355 e. The van der Waals surface area contributed by atoms with Gasteiger partial charge in [0.05, 0.1) is 0 Å². The maximum absolute atomic E-state index is 11.2. The van der Waals surface area contributed by atoms with E-state index in [1.54, 1.807) is 21.0 Å². The zero-order valence-electron chi connectivity index (χ0n) is 8.84. The smallest absolute Gasteiger partial charge is 0.224 e. The standard InChI is InChI=1S/C9H17ClN2O2/c1-7(6-10)9(14)11-5-4-8(13)12(2)3/h7H,4-6H2,1-3H3,(H,11,14). The highest BCUT2D eigenvalue weighted by Gasteiger charge is 2.11. The molecule has 0 aromatic rings. The summed E-state index contributed by atoms with van der Waals surface area (Å²) in [4.78, 5) is 23.8. The fourth-order valence-electron chi connectivity index (χ4n) is 0.761. The number of hydrogen-bond donors (Lipinski definition) is 1. The second kappa shape index (κ2) is 6.65. The van der Waals surface area contributed by atoms with Gasteiger partial charge in [-0.1, -0.05) is 6.92 Å². The second-order valence-corrected chi connectivity index (χ2v) is 3.69. The molecule has 14 heavy (non-hydrogen) atoms. The van der Waals surface area contributed by atoms with Crippen LogP contribution in [0.5, 0.6) is 0 Å². The molecular formula is C9H17ClN2O2. The van der Waals surface area contributed by atoms with Crippen LogP contribution < -0.4 is 5.32 Å². The van der Waals surface area contributed by atoms with E-state index < -0.39 is 0 Å². The minimum absolute atomic E-state index is 0.00354. The molecule has 0 aliphatic heterocycles. The highest BCUT2D eigenvalue weighted by atomic mass is 35.5. The summed E-state index contributed by atoms with van der Waals surface area (Å²) in [6.45, 7) is 2.12. The number of carbonyl (C=O) groups is 2. The lowest BCUT2D eigenvalue weighted by Crippen LogP contribution is -2.33. The van der Waals surface area contributed by atoms with Crippen molar-refractivity contribution in [1.82, 2.24) is 10.2 Å². The van der Waals surface area contributed by atoms with Crippen LogP contribution in [0.1, 0.15) is 13.3 Å². The molecule has 0 aliphatic carbocycles. The first kappa shape index (κ1) is 13.2. The summed E-state index contributed by atoms with van der Waals surface area (Å²) >= 11 is 5.50. The lowest BCUT2D eigenvalue weighted by atomic mass is 10.2. The Kier molecular flexibility index (Phi) is 6.28. The number of amides is 2. The maximum atomic E-state index is 11.2. The van der Waals surface area contributed by atoms with E-state index >= 15 is 0 Å². The van der Waals surface area contributed by atoms with Gasteiger partial charge in [0.25, 0.3) is 0 Å². The molecule has 0 saturated heterocycles. The molecule has 5 heteroatoms. The molecule has 82 valence electrons. The SMILES string of the molecule is CC(CCl)C(=O)NCCC(=O)N(C)C. The van der Waals surface area contributed by atoms with E-state index in [2.05, 4.69) is 5.32 Å².